The van der Waals surface area contributed by atoms with Gasteiger partial charge in [-0.15, -0.1) is 0 Å². The number of nitrogens with two attached hydrogens (primary N) is 1. The molecule has 1 saturated heterocycles. The van der Waals surface area contributed by atoms with Crippen molar-refractivity contribution in [2.75, 3.05) is 38.1 Å². The third-order valence-corrected chi connectivity index (χ3v) is 3.98. The van der Waals surface area contributed by atoms with Crippen LogP contribution in [0.3, 0.4) is 0 Å². The van der Waals surface area contributed by atoms with Crippen LogP contribution in [0, 0.1) is 5.41 Å². The summed E-state index contributed by atoms with van der Waals surface area (Å²) in [4.78, 5) is 4.66. The molecule has 2 rings (SSSR count). The lowest BCUT2D eigenvalue weighted by Gasteiger charge is -2.25. The Labute approximate surface area is 116 Å². The summed E-state index contributed by atoms with van der Waals surface area (Å²) in [7, 11) is 2.15. The van der Waals surface area contributed by atoms with Gasteiger partial charge in [-0.25, -0.2) is 0 Å². The van der Waals surface area contributed by atoms with Crippen molar-refractivity contribution in [2.24, 2.45) is 5.73 Å². The fourth-order valence-corrected chi connectivity index (χ4v) is 2.90. The van der Waals surface area contributed by atoms with Crippen molar-refractivity contribution >= 4 is 27.5 Å². The highest BCUT2D eigenvalue weighted by Crippen LogP contribution is 2.28. The molecule has 1 aliphatic rings. The summed E-state index contributed by atoms with van der Waals surface area (Å²) in [6, 6.07) is 5.98. The van der Waals surface area contributed by atoms with Crippen LogP contribution in [0.2, 0.25) is 0 Å². The molecule has 5 heteroatoms. The predicted molar refractivity (Wildman–Crippen MR) is 79.5 cm³/mol. The van der Waals surface area contributed by atoms with Crippen LogP contribution in [0.15, 0.2) is 22.7 Å². The second-order valence-electron chi connectivity index (χ2n) is 4.69. The van der Waals surface area contributed by atoms with Crippen molar-refractivity contribution in [3.8, 4) is 0 Å². The van der Waals surface area contributed by atoms with E-state index in [1.807, 2.05) is 18.2 Å². The Morgan fingerprint density at radius 2 is 2.06 bits per heavy atom. The average molecular weight is 311 g/mol. The van der Waals surface area contributed by atoms with Crippen LogP contribution in [-0.4, -0.2) is 44.0 Å². The van der Waals surface area contributed by atoms with Gasteiger partial charge in [0.25, 0.3) is 0 Å². The van der Waals surface area contributed by atoms with Gasteiger partial charge in [0, 0.05) is 29.8 Å². The van der Waals surface area contributed by atoms with E-state index in [-0.39, 0.29) is 5.84 Å². The maximum absolute atomic E-state index is 7.74. The summed E-state index contributed by atoms with van der Waals surface area (Å²) in [5.41, 5.74) is 7.57. The third-order valence-electron chi connectivity index (χ3n) is 3.32. The number of anilines is 1. The van der Waals surface area contributed by atoms with Gasteiger partial charge >= 0.3 is 0 Å². The summed E-state index contributed by atoms with van der Waals surface area (Å²) in [6.45, 7) is 4.16. The minimum atomic E-state index is 0.120. The zero-order chi connectivity index (χ0) is 13.1. The topological polar surface area (TPSA) is 56.4 Å². The van der Waals surface area contributed by atoms with Crippen molar-refractivity contribution in [2.45, 2.75) is 6.42 Å². The summed E-state index contributed by atoms with van der Waals surface area (Å²) < 4.78 is 0.894. The first kappa shape index (κ1) is 13.4. The first-order valence-electron chi connectivity index (χ1n) is 6.16. The van der Waals surface area contributed by atoms with Crippen molar-refractivity contribution in [1.29, 1.82) is 5.41 Å². The maximum Gasteiger partial charge on any atom is 0.126 e. The quantitative estimate of drug-likeness (QED) is 0.648. The number of hydrogen-bond donors (Lipinski definition) is 2. The lowest BCUT2D eigenvalue weighted by atomic mass is 10.1. The molecule has 1 aromatic rings. The number of nitrogens with one attached hydrogen (secondary N) is 1. The summed E-state index contributed by atoms with van der Waals surface area (Å²) in [6.07, 6.45) is 1.14. The van der Waals surface area contributed by atoms with E-state index in [9.17, 15) is 0 Å². The molecule has 1 fully saturated rings. The zero-order valence-corrected chi connectivity index (χ0v) is 12.2. The molecule has 0 aliphatic carbocycles. The average Bonchev–Trinajstić information content (AvgIpc) is 2.53. The fourth-order valence-electron chi connectivity index (χ4n) is 2.33. The van der Waals surface area contributed by atoms with Gasteiger partial charge < -0.3 is 15.5 Å². The number of hydrogen-bond acceptors (Lipinski definition) is 3. The molecular formula is C13H19BrN4. The Morgan fingerprint density at radius 3 is 2.78 bits per heavy atom. The van der Waals surface area contributed by atoms with Gasteiger partial charge in [-0.3, -0.25) is 5.41 Å². The van der Waals surface area contributed by atoms with Gasteiger partial charge in [-0.05, 0) is 48.1 Å². The van der Waals surface area contributed by atoms with Crippen LogP contribution in [0.4, 0.5) is 5.69 Å². The van der Waals surface area contributed by atoms with E-state index in [4.69, 9.17) is 11.1 Å². The molecule has 1 heterocycles. The van der Waals surface area contributed by atoms with Gasteiger partial charge in [0.1, 0.15) is 5.84 Å². The van der Waals surface area contributed by atoms with E-state index in [0.717, 1.165) is 48.3 Å². The number of nitrogens with zero attached hydrogens (tertiary/aromatic N) is 2. The first-order chi connectivity index (χ1) is 8.59. The molecule has 18 heavy (non-hydrogen) atoms. The molecule has 1 aromatic carbocycles. The molecule has 0 aromatic heterocycles. The Kier molecular flexibility index (Phi) is 4.24. The molecule has 4 nitrogen and oxygen atoms in total. The monoisotopic (exact) mass is 310 g/mol. The minimum Gasteiger partial charge on any atom is -0.384 e. The molecule has 0 spiro atoms. The van der Waals surface area contributed by atoms with E-state index in [0.29, 0.717) is 0 Å². The first-order valence-corrected chi connectivity index (χ1v) is 6.95. The van der Waals surface area contributed by atoms with Gasteiger partial charge in [-0.2, -0.15) is 0 Å². The van der Waals surface area contributed by atoms with Crippen molar-refractivity contribution < 1.29 is 0 Å². The Balaban J connectivity index is 2.32. The highest BCUT2D eigenvalue weighted by Gasteiger charge is 2.18. The predicted octanol–water partition coefficient (Wildman–Crippen LogP) is 1.88. The number of likely N-dealkylation sites (N-methyl/N-ethyl adjacent to an activating group) is 1. The molecule has 0 unspecified atom stereocenters. The number of benzene rings is 1. The van der Waals surface area contributed by atoms with Gasteiger partial charge in [0.05, 0.1) is 5.56 Å². The van der Waals surface area contributed by atoms with Gasteiger partial charge in [0.15, 0.2) is 0 Å². The fraction of sp³-hybridized carbons (Fsp3) is 0.462. The molecule has 1 aliphatic heterocycles. The lowest BCUT2D eigenvalue weighted by Crippen LogP contribution is -2.30. The smallest absolute Gasteiger partial charge is 0.126 e. The number of halogens is 1. The van der Waals surface area contributed by atoms with E-state index in [1.165, 1.54) is 0 Å². The van der Waals surface area contributed by atoms with Crippen LogP contribution in [0.25, 0.3) is 0 Å². The minimum absolute atomic E-state index is 0.120. The molecule has 0 saturated carbocycles. The van der Waals surface area contributed by atoms with Crippen LogP contribution < -0.4 is 10.6 Å². The molecule has 0 radical (unpaired) electrons. The second kappa shape index (κ2) is 5.71. The summed E-state index contributed by atoms with van der Waals surface area (Å²) >= 11 is 3.49. The molecular weight excluding hydrogens is 292 g/mol. The second-order valence-corrected chi connectivity index (χ2v) is 5.55. The van der Waals surface area contributed by atoms with Crippen LogP contribution in [-0.2, 0) is 0 Å². The highest BCUT2D eigenvalue weighted by atomic mass is 79.9. The number of nitrogen functional groups attached to an aromatic ring is 1. The van der Waals surface area contributed by atoms with Crippen LogP contribution in [0.5, 0.6) is 0 Å². The molecule has 3 N–H and O–H groups in total. The Hall–Kier alpha value is -1.07. The zero-order valence-electron chi connectivity index (χ0n) is 10.6. The standard InChI is InChI=1S/C13H19BrN4/c1-17-6-3-7-18(9-8-17)11-5-2-4-10(14)12(11)13(15)16/h2,4-5H,3,6-9H2,1H3,(H3,15,16). The highest BCUT2D eigenvalue weighted by molar-refractivity contribution is 9.10. The number of rotatable bonds is 2. The van der Waals surface area contributed by atoms with Gasteiger partial charge in [-0.1, -0.05) is 6.07 Å². The SMILES string of the molecule is CN1CCCN(c2cccc(Br)c2C(=N)N)CC1. The van der Waals surface area contributed by atoms with Crippen LogP contribution in [0.1, 0.15) is 12.0 Å². The van der Waals surface area contributed by atoms with E-state index < -0.39 is 0 Å². The van der Waals surface area contributed by atoms with E-state index >= 15 is 0 Å². The lowest BCUT2D eigenvalue weighted by molar-refractivity contribution is 0.360. The Bertz CT molecular complexity index is 447. The molecule has 98 valence electrons. The molecule has 0 atom stereocenters. The van der Waals surface area contributed by atoms with Gasteiger partial charge in [0.2, 0.25) is 0 Å². The third kappa shape index (κ3) is 2.84. The van der Waals surface area contributed by atoms with Crippen molar-refractivity contribution in [3.05, 3.63) is 28.2 Å². The molecule has 0 amide bonds. The van der Waals surface area contributed by atoms with E-state index in [2.05, 4.69) is 32.8 Å². The summed E-state index contributed by atoms with van der Waals surface area (Å²) in [5, 5.41) is 7.74. The Morgan fingerprint density at radius 1 is 1.28 bits per heavy atom. The van der Waals surface area contributed by atoms with Crippen molar-refractivity contribution in [1.82, 2.24) is 4.90 Å². The van der Waals surface area contributed by atoms with E-state index in [1.54, 1.807) is 0 Å². The number of amidine groups is 1. The van der Waals surface area contributed by atoms with Crippen molar-refractivity contribution in [3.63, 3.8) is 0 Å². The maximum atomic E-state index is 7.74. The molecule has 0 bridgehead atoms. The van der Waals surface area contributed by atoms with Crippen LogP contribution >= 0.6 is 15.9 Å². The largest absolute Gasteiger partial charge is 0.384 e. The summed E-state index contributed by atoms with van der Waals surface area (Å²) in [5.74, 6) is 0.120. The normalized spacial score (nSPS) is 17.6.